The van der Waals surface area contributed by atoms with Gasteiger partial charge in [0.2, 0.25) is 0 Å². The number of hydrogen-bond acceptors (Lipinski definition) is 1. The van der Waals surface area contributed by atoms with Crippen LogP contribution in [0, 0.1) is 8.99 Å². The molecule has 3 heteroatoms. The van der Waals surface area contributed by atoms with Crippen molar-refractivity contribution in [1.29, 1.82) is 0 Å². The normalized spacial score (nSPS) is 11.8. The lowest BCUT2D eigenvalue weighted by molar-refractivity contribution is 0.341. The van der Waals surface area contributed by atoms with Crippen LogP contribution in [0.1, 0.15) is 27.2 Å². The lowest BCUT2D eigenvalue weighted by Crippen LogP contribution is -2.10. The summed E-state index contributed by atoms with van der Waals surface area (Å²) in [5.74, 6) is 0. The second-order valence-corrected chi connectivity index (χ2v) is 6.94. The van der Waals surface area contributed by atoms with Crippen LogP contribution >= 0.6 is 22.6 Å². The summed E-state index contributed by atoms with van der Waals surface area (Å²) in [5, 5.41) is 4.45. The van der Waals surface area contributed by atoms with Gasteiger partial charge < -0.3 is 0 Å². The summed E-state index contributed by atoms with van der Waals surface area (Å²) in [6, 6.07) is 8.41. The average molecular weight is 354 g/mol. The molecule has 0 bridgehead atoms. The van der Waals surface area contributed by atoms with Gasteiger partial charge in [-0.2, -0.15) is 5.10 Å². The van der Waals surface area contributed by atoms with Gasteiger partial charge in [0.25, 0.3) is 0 Å². The molecule has 1 aromatic carbocycles. The van der Waals surface area contributed by atoms with Gasteiger partial charge in [-0.1, -0.05) is 39.0 Å². The van der Waals surface area contributed by atoms with Crippen LogP contribution in [-0.2, 0) is 6.54 Å². The molecule has 0 atom stereocenters. The standard InChI is InChI=1S/C15H19IN2/c1-15(2,3)8-9-18-11-12(10-17-18)13-6-4-5-7-14(13)16/h4-7,10-11H,8-9H2,1-3H3. The van der Waals surface area contributed by atoms with Crippen LogP contribution in [0.5, 0.6) is 0 Å². The maximum absolute atomic E-state index is 4.45. The summed E-state index contributed by atoms with van der Waals surface area (Å²) in [6.45, 7) is 7.76. The van der Waals surface area contributed by atoms with E-state index in [1.54, 1.807) is 0 Å². The Bertz CT molecular complexity index is 523. The Balaban J connectivity index is 2.14. The third-order valence-corrected chi connectivity index (χ3v) is 3.85. The monoisotopic (exact) mass is 354 g/mol. The Hall–Kier alpha value is -0.840. The first-order valence-electron chi connectivity index (χ1n) is 6.23. The quantitative estimate of drug-likeness (QED) is 0.737. The summed E-state index contributed by atoms with van der Waals surface area (Å²) < 4.78 is 3.31. The fraction of sp³-hybridized carbons (Fsp3) is 0.400. The van der Waals surface area contributed by atoms with Crippen molar-refractivity contribution in [2.75, 3.05) is 0 Å². The molecule has 1 heterocycles. The predicted molar refractivity (Wildman–Crippen MR) is 84.5 cm³/mol. The largest absolute Gasteiger partial charge is 0.272 e. The van der Waals surface area contributed by atoms with E-state index < -0.39 is 0 Å². The molecule has 0 spiro atoms. The van der Waals surface area contributed by atoms with E-state index in [4.69, 9.17) is 0 Å². The Morgan fingerprint density at radius 2 is 1.94 bits per heavy atom. The van der Waals surface area contributed by atoms with E-state index in [1.807, 2.05) is 10.9 Å². The highest BCUT2D eigenvalue weighted by molar-refractivity contribution is 14.1. The average Bonchev–Trinajstić information content (AvgIpc) is 2.75. The molecule has 0 amide bonds. The Kier molecular flexibility index (Phi) is 4.10. The van der Waals surface area contributed by atoms with Crippen molar-refractivity contribution >= 4 is 22.6 Å². The molecule has 0 aliphatic heterocycles. The number of benzene rings is 1. The van der Waals surface area contributed by atoms with Crippen molar-refractivity contribution in [2.45, 2.75) is 33.7 Å². The van der Waals surface area contributed by atoms with Gasteiger partial charge in [-0.25, -0.2) is 0 Å². The van der Waals surface area contributed by atoms with Gasteiger partial charge in [-0.05, 0) is 46.1 Å². The van der Waals surface area contributed by atoms with Crippen molar-refractivity contribution in [3.8, 4) is 11.1 Å². The molecule has 0 saturated carbocycles. The van der Waals surface area contributed by atoms with Crippen LogP contribution in [0.15, 0.2) is 36.7 Å². The van der Waals surface area contributed by atoms with Crippen LogP contribution in [-0.4, -0.2) is 9.78 Å². The number of aromatic nitrogens is 2. The molecule has 0 aliphatic carbocycles. The first-order chi connectivity index (χ1) is 8.46. The highest BCUT2D eigenvalue weighted by Crippen LogP contribution is 2.25. The minimum Gasteiger partial charge on any atom is -0.272 e. The molecule has 2 aromatic rings. The van der Waals surface area contributed by atoms with Crippen molar-refractivity contribution in [2.24, 2.45) is 5.41 Å². The van der Waals surface area contributed by atoms with E-state index in [9.17, 15) is 0 Å². The summed E-state index contributed by atoms with van der Waals surface area (Å²) in [5.41, 5.74) is 2.82. The van der Waals surface area contributed by atoms with Crippen LogP contribution in [0.4, 0.5) is 0 Å². The summed E-state index contributed by atoms with van der Waals surface area (Å²) in [4.78, 5) is 0. The molecule has 18 heavy (non-hydrogen) atoms. The maximum atomic E-state index is 4.45. The molecule has 96 valence electrons. The second kappa shape index (κ2) is 5.43. The lowest BCUT2D eigenvalue weighted by atomic mass is 9.92. The summed E-state index contributed by atoms with van der Waals surface area (Å²) in [7, 11) is 0. The zero-order valence-electron chi connectivity index (χ0n) is 11.2. The van der Waals surface area contributed by atoms with E-state index in [0.717, 1.165) is 13.0 Å². The maximum Gasteiger partial charge on any atom is 0.0568 e. The third-order valence-electron chi connectivity index (χ3n) is 2.91. The molecular formula is C15H19IN2. The zero-order chi connectivity index (χ0) is 13.2. The number of halogens is 1. The van der Waals surface area contributed by atoms with Crippen LogP contribution in [0.3, 0.4) is 0 Å². The van der Waals surface area contributed by atoms with Crippen molar-refractivity contribution < 1.29 is 0 Å². The van der Waals surface area contributed by atoms with Crippen LogP contribution in [0.2, 0.25) is 0 Å². The van der Waals surface area contributed by atoms with E-state index in [0.29, 0.717) is 5.41 Å². The molecule has 0 saturated heterocycles. The molecule has 0 aliphatic rings. The van der Waals surface area contributed by atoms with Gasteiger partial charge in [0.1, 0.15) is 0 Å². The fourth-order valence-electron chi connectivity index (χ4n) is 1.77. The molecule has 2 rings (SSSR count). The Morgan fingerprint density at radius 3 is 2.61 bits per heavy atom. The lowest BCUT2D eigenvalue weighted by Gasteiger charge is -2.17. The molecule has 0 N–H and O–H groups in total. The van der Waals surface area contributed by atoms with E-state index >= 15 is 0 Å². The number of aryl methyl sites for hydroxylation is 1. The highest BCUT2D eigenvalue weighted by atomic mass is 127. The molecule has 2 nitrogen and oxygen atoms in total. The number of hydrogen-bond donors (Lipinski definition) is 0. The first-order valence-corrected chi connectivity index (χ1v) is 7.31. The predicted octanol–water partition coefficient (Wildman–Crippen LogP) is 4.59. The minimum atomic E-state index is 0.354. The second-order valence-electron chi connectivity index (χ2n) is 5.78. The number of nitrogens with zero attached hydrogens (tertiary/aromatic N) is 2. The van der Waals surface area contributed by atoms with Gasteiger partial charge in [-0.15, -0.1) is 0 Å². The van der Waals surface area contributed by atoms with Crippen molar-refractivity contribution in [3.63, 3.8) is 0 Å². The van der Waals surface area contributed by atoms with Gasteiger partial charge in [-0.3, -0.25) is 4.68 Å². The minimum absolute atomic E-state index is 0.354. The first kappa shape index (κ1) is 13.6. The van der Waals surface area contributed by atoms with E-state index in [-0.39, 0.29) is 0 Å². The van der Waals surface area contributed by atoms with E-state index in [1.165, 1.54) is 14.7 Å². The topological polar surface area (TPSA) is 17.8 Å². The third kappa shape index (κ3) is 3.57. The Labute approximate surface area is 123 Å². The highest BCUT2D eigenvalue weighted by Gasteiger charge is 2.11. The van der Waals surface area contributed by atoms with Gasteiger partial charge in [0.15, 0.2) is 0 Å². The molecule has 0 fully saturated rings. The van der Waals surface area contributed by atoms with E-state index in [2.05, 4.69) is 78.9 Å². The van der Waals surface area contributed by atoms with Gasteiger partial charge in [0.05, 0.1) is 6.20 Å². The fourth-order valence-corrected chi connectivity index (χ4v) is 2.47. The van der Waals surface area contributed by atoms with Crippen LogP contribution < -0.4 is 0 Å². The van der Waals surface area contributed by atoms with Gasteiger partial charge >= 0.3 is 0 Å². The zero-order valence-corrected chi connectivity index (χ0v) is 13.3. The summed E-state index contributed by atoms with van der Waals surface area (Å²) in [6.07, 6.45) is 5.24. The smallest absolute Gasteiger partial charge is 0.0568 e. The molecule has 0 radical (unpaired) electrons. The number of rotatable bonds is 3. The SMILES string of the molecule is CC(C)(C)CCn1cc(-c2ccccc2I)cn1. The van der Waals surface area contributed by atoms with Crippen LogP contribution in [0.25, 0.3) is 11.1 Å². The Morgan fingerprint density at radius 1 is 1.22 bits per heavy atom. The van der Waals surface area contributed by atoms with Gasteiger partial charge in [0, 0.05) is 21.9 Å². The molecule has 0 unspecified atom stereocenters. The van der Waals surface area contributed by atoms with Crippen molar-refractivity contribution in [3.05, 3.63) is 40.2 Å². The summed E-state index contributed by atoms with van der Waals surface area (Å²) >= 11 is 2.37. The molecular weight excluding hydrogens is 335 g/mol. The van der Waals surface area contributed by atoms with Crippen molar-refractivity contribution in [1.82, 2.24) is 9.78 Å². The molecule has 1 aromatic heterocycles.